The molecule has 0 atom stereocenters. The molecule has 3 nitrogen and oxygen atoms in total. The van der Waals surface area contributed by atoms with Crippen LogP contribution in [0.2, 0.25) is 0 Å². The van der Waals surface area contributed by atoms with Crippen LogP contribution in [0.1, 0.15) is 17.5 Å². The lowest BCUT2D eigenvalue weighted by Gasteiger charge is -2.10. The molecule has 0 fully saturated rings. The van der Waals surface area contributed by atoms with E-state index in [1.165, 1.54) is 16.7 Å². The van der Waals surface area contributed by atoms with E-state index >= 15 is 0 Å². The maximum Gasteiger partial charge on any atom is 0.161 e. The van der Waals surface area contributed by atoms with Gasteiger partial charge in [0.15, 0.2) is 11.5 Å². The third kappa shape index (κ3) is 2.29. The highest BCUT2D eigenvalue weighted by molar-refractivity contribution is 5.75. The molecular weight excluding hydrogens is 216 g/mol. The largest absolute Gasteiger partial charge is 0.493 e. The number of hydrogen-bond donors (Lipinski definition) is 0. The van der Waals surface area contributed by atoms with Crippen LogP contribution in [-0.4, -0.2) is 27.9 Å². The molecule has 0 N–H and O–H groups in total. The summed E-state index contributed by atoms with van der Waals surface area (Å²) in [5, 5.41) is 0. The molecule has 1 aliphatic rings. The second-order valence-corrected chi connectivity index (χ2v) is 4.05. The normalized spacial score (nSPS) is 16.1. The van der Waals surface area contributed by atoms with E-state index in [2.05, 4.69) is 18.2 Å². The first kappa shape index (κ1) is 12.0. The van der Waals surface area contributed by atoms with Gasteiger partial charge in [0.05, 0.1) is 20.8 Å². The molecule has 92 valence electrons. The van der Waals surface area contributed by atoms with Crippen molar-refractivity contribution in [3.63, 3.8) is 0 Å². The van der Waals surface area contributed by atoms with Crippen LogP contribution in [0.15, 0.2) is 18.2 Å². The SMILES string of the molecule is COC/C=C1\CCc2cc(OC)c(OC)cc21. The number of methoxy groups -OCH3 is 3. The summed E-state index contributed by atoms with van der Waals surface area (Å²) >= 11 is 0. The van der Waals surface area contributed by atoms with Gasteiger partial charge in [-0.2, -0.15) is 0 Å². The van der Waals surface area contributed by atoms with Gasteiger partial charge < -0.3 is 14.2 Å². The van der Waals surface area contributed by atoms with Gasteiger partial charge in [0, 0.05) is 7.11 Å². The van der Waals surface area contributed by atoms with Crippen molar-refractivity contribution >= 4 is 5.57 Å². The molecule has 0 bridgehead atoms. The van der Waals surface area contributed by atoms with Crippen molar-refractivity contribution < 1.29 is 14.2 Å². The van der Waals surface area contributed by atoms with Crippen LogP contribution in [-0.2, 0) is 11.2 Å². The highest BCUT2D eigenvalue weighted by atomic mass is 16.5. The minimum atomic E-state index is 0.656. The lowest BCUT2D eigenvalue weighted by Crippen LogP contribution is -1.93. The van der Waals surface area contributed by atoms with E-state index in [1.54, 1.807) is 21.3 Å². The van der Waals surface area contributed by atoms with Gasteiger partial charge in [0.1, 0.15) is 0 Å². The lowest BCUT2D eigenvalue weighted by molar-refractivity contribution is 0.234. The Bertz CT molecular complexity index is 435. The molecule has 0 unspecified atom stereocenters. The van der Waals surface area contributed by atoms with Gasteiger partial charge in [-0.1, -0.05) is 6.08 Å². The third-order valence-corrected chi connectivity index (χ3v) is 3.12. The van der Waals surface area contributed by atoms with Gasteiger partial charge in [0.2, 0.25) is 0 Å². The fourth-order valence-electron chi connectivity index (χ4n) is 2.23. The minimum absolute atomic E-state index is 0.656. The topological polar surface area (TPSA) is 27.7 Å². The summed E-state index contributed by atoms with van der Waals surface area (Å²) in [5.74, 6) is 1.59. The Balaban J connectivity index is 2.39. The van der Waals surface area contributed by atoms with Gasteiger partial charge in [0.25, 0.3) is 0 Å². The van der Waals surface area contributed by atoms with Crippen molar-refractivity contribution in [3.05, 3.63) is 29.3 Å². The van der Waals surface area contributed by atoms with Crippen LogP contribution >= 0.6 is 0 Å². The Labute approximate surface area is 102 Å². The van der Waals surface area contributed by atoms with Gasteiger partial charge >= 0.3 is 0 Å². The number of ether oxygens (including phenoxy) is 3. The monoisotopic (exact) mass is 234 g/mol. The number of benzene rings is 1. The zero-order valence-electron chi connectivity index (χ0n) is 10.6. The van der Waals surface area contributed by atoms with E-state index in [0.717, 1.165) is 24.3 Å². The predicted octanol–water partition coefficient (Wildman–Crippen LogP) is 2.68. The number of allylic oxidation sites excluding steroid dienone is 1. The molecule has 1 aliphatic carbocycles. The molecule has 0 saturated heterocycles. The number of hydrogen-bond acceptors (Lipinski definition) is 3. The molecular formula is C14H18O3. The Morgan fingerprint density at radius 2 is 1.76 bits per heavy atom. The summed E-state index contributed by atoms with van der Waals surface area (Å²) in [6.45, 7) is 0.656. The van der Waals surface area contributed by atoms with E-state index in [9.17, 15) is 0 Å². The van der Waals surface area contributed by atoms with Crippen LogP contribution in [0.25, 0.3) is 5.57 Å². The minimum Gasteiger partial charge on any atom is -0.493 e. The van der Waals surface area contributed by atoms with Gasteiger partial charge in [-0.3, -0.25) is 0 Å². The highest BCUT2D eigenvalue weighted by Crippen LogP contribution is 2.39. The molecule has 0 amide bonds. The number of rotatable bonds is 4. The fourth-order valence-corrected chi connectivity index (χ4v) is 2.23. The zero-order chi connectivity index (χ0) is 12.3. The zero-order valence-corrected chi connectivity index (χ0v) is 10.6. The van der Waals surface area contributed by atoms with Gasteiger partial charge in [-0.25, -0.2) is 0 Å². The van der Waals surface area contributed by atoms with Crippen molar-refractivity contribution in [2.75, 3.05) is 27.9 Å². The van der Waals surface area contributed by atoms with Crippen LogP contribution in [0.4, 0.5) is 0 Å². The lowest BCUT2D eigenvalue weighted by atomic mass is 10.1. The van der Waals surface area contributed by atoms with Crippen LogP contribution in [0.5, 0.6) is 11.5 Å². The first-order chi connectivity index (χ1) is 8.30. The summed E-state index contributed by atoms with van der Waals surface area (Å²) in [7, 11) is 5.04. The standard InChI is InChI=1S/C14H18O3/c1-15-7-6-10-4-5-11-8-13(16-2)14(17-3)9-12(10)11/h6,8-9H,4-5,7H2,1-3H3/b10-6+. The van der Waals surface area contributed by atoms with Crippen molar-refractivity contribution in [1.29, 1.82) is 0 Å². The summed E-state index contributed by atoms with van der Waals surface area (Å²) in [6, 6.07) is 4.13. The van der Waals surface area contributed by atoms with Gasteiger partial charge in [-0.05, 0) is 41.7 Å². The average molecular weight is 234 g/mol. The maximum absolute atomic E-state index is 5.33. The summed E-state index contributed by atoms with van der Waals surface area (Å²) in [6.07, 6.45) is 4.26. The van der Waals surface area contributed by atoms with Crippen molar-refractivity contribution in [1.82, 2.24) is 0 Å². The second-order valence-electron chi connectivity index (χ2n) is 4.05. The van der Waals surface area contributed by atoms with E-state index in [0.29, 0.717) is 6.61 Å². The van der Waals surface area contributed by atoms with Crippen molar-refractivity contribution in [2.24, 2.45) is 0 Å². The molecule has 2 rings (SSSR count). The summed E-state index contributed by atoms with van der Waals surface area (Å²) in [4.78, 5) is 0. The molecule has 3 heteroatoms. The van der Waals surface area contributed by atoms with E-state index < -0.39 is 0 Å². The first-order valence-corrected chi connectivity index (χ1v) is 5.73. The van der Waals surface area contributed by atoms with Gasteiger partial charge in [-0.15, -0.1) is 0 Å². The third-order valence-electron chi connectivity index (χ3n) is 3.12. The average Bonchev–Trinajstić information content (AvgIpc) is 2.76. The summed E-state index contributed by atoms with van der Waals surface area (Å²) < 4.78 is 15.7. The smallest absolute Gasteiger partial charge is 0.161 e. The summed E-state index contributed by atoms with van der Waals surface area (Å²) in [5.41, 5.74) is 3.92. The molecule has 0 saturated carbocycles. The van der Waals surface area contributed by atoms with Crippen LogP contribution < -0.4 is 9.47 Å². The quantitative estimate of drug-likeness (QED) is 0.801. The molecule has 0 radical (unpaired) electrons. The molecule has 0 aliphatic heterocycles. The predicted molar refractivity (Wildman–Crippen MR) is 67.7 cm³/mol. The molecule has 0 aromatic heterocycles. The van der Waals surface area contributed by atoms with E-state index in [1.807, 2.05) is 0 Å². The molecule has 17 heavy (non-hydrogen) atoms. The Morgan fingerprint density at radius 3 is 2.41 bits per heavy atom. The number of aryl methyl sites for hydroxylation is 1. The Hall–Kier alpha value is -1.48. The van der Waals surface area contributed by atoms with Crippen molar-refractivity contribution in [2.45, 2.75) is 12.8 Å². The van der Waals surface area contributed by atoms with E-state index in [-0.39, 0.29) is 0 Å². The Kier molecular flexibility index (Phi) is 3.69. The van der Waals surface area contributed by atoms with E-state index in [4.69, 9.17) is 14.2 Å². The molecule has 0 spiro atoms. The fraction of sp³-hybridized carbons (Fsp3) is 0.429. The number of fused-ring (bicyclic) bond motifs is 1. The van der Waals surface area contributed by atoms with Crippen LogP contribution in [0.3, 0.4) is 0 Å². The molecule has 0 heterocycles. The van der Waals surface area contributed by atoms with Crippen LogP contribution in [0, 0.1) is 0 Å². The molecule has 1 aromatic rings. The molecule has 1 aromatic carbocycles. The van der Waals surface area contributed by atoms with Crippen molar-refractivity contribution in [3.8, 4) is 11.5 Å². The maximum atomic E-state index is 5.33. The second kappa shape index (κ2) is 5.23. The Morgan fingerprint density at radius 1 is 1.06 bits per heavy atom. The highest BCUT2D eigenvalue weighted by Gasteiger charge is 2.19. The first-order valence-electron chi connectivity index (χ1n) is 5.73.